The third-order valence-electron chi connectivity index (χ3n) is 6.60. The van der Waals surface area contributed by atoms with E-state index in [1.165, 1.54) is 16.7 Å². The maximum atomic E-state index is 13.0. The number of nitrogens with one attached hydrogen (secondary N) is 1. The van der Waals surface area contributed by atoms with Crippen LogP contribution in [0.25, 0.3) is 5.52 Å². The van der Waals surface area contributed by atoms with Crippen LogP contribution in [-0.2, 0) is 5.41 Å². The van der Waals surface area contributed by atoms with Gasteiger partial charge in [0.1, 0.15) is 0 Å². The van der Waals surface area contributed by atoms with Crippen LogP contribution in [0.1, 0.15) is 61.2 Å². The third-order valence-corrected chi connectivity index (χ3v) is 6.60. The molecule has 3 heterocycles. The van der Waals surface area contributed by atoms with Crippen LogP contribution in [0.2, 0.25) is 0 Å². The van der Waals surface area contributed by atoms with E-state index in [-0.39, 0.29) is 16.5 Å². The summed E-state index contributed by atoms with van der Waals surface area (Å²) >= 11 is 0. The molecule has 1 aliphatic heterocycles. The monoisotopic (exact) mass is 312 g/mol. The fraction of sp³-hybridized carbons (Fsp3) is 0.550. The molecule has 1 N–H and O–H groups in total. The number of pyridine rings is 2. The number of aryl methyl sites for hydroxylation is 1. The summed E-state index contributed by atoms with van der Waals surface area (Å²) in [6.45, 7) is 19.4. The fourth-order valence-electron chi connectivity index (χ4n) is 3.97. The van der Waals surface area contributed by atoms with Gasteiger partial charge in [-0.25, -0.2) is 0 Å². The third kappa shape index (κ3) is 1.74. The van der Waals surface area contributed by atoms with Crippen molar-refractivity contribution in [1.82, 2.24) is 4.40 Å². The summed E-state index contributed by atoms with van der Waals surface area (Å²) in [7, 11) is 0. The average Bonchev–Trinajstić information content (AvgIpc) is 2.45. The van der Waals surface area contributed by atoms with Gasteiger partial charge in [0.05, 0.1) is 11.2 Å². The molecule has 0 fully saturated rings. The first kappa shape index (κ1) is 16.1. The van der Waals surface area contributed by atoms with Crippen LogP contribution in [0, 0.1) is 34.6 Å². The van der Waals surface area contributed by atoms with Gasteiger partial charge < -0.3 is 5.32 Å². The Labute approximate surface area is 138 Å². The van der Waals surface area contributed by atoms with Crippen molar-refractivity contribution < 1.29 is 0 Å². The minimum atomic E-state index is -0.0957. The Morgan fingerprint density at radius 2 is 1.39 bits per heavy atom. The number of hydrogen-bond acceptors (Lipinski definition) is 2. The highest BCUT2D eigenvalue weighted by Gasteiger charge is 2.45. The molecule has 0 unspecified atom stereocenters. The molecule has 0 bridgehead atoms. The Bertz CT molecular complexity index is 914. The highest BCUT2D eigenvalue weighted by molar-refractivity contribution is 5.86. The van der Waals surface area contributed by atoms with Crippen LogP contribution in [0.5, 0.6) is 0 Å². The van der Waals surface area contributed by atoms with Gasteiger partial charge in [-0.3, -0.25) is 9.20 Å². The molecule has 1 aliphatic rings. The van der Waals surface area contributed by atoms with Crippen molar-refractivity contribution >= 4 is 11.2 Å². The van der Waals surface area contributed by atoms with E-state index in [1.54, 1.807) is 0 Å². The van der Waals surface area contributed by atoms with Crippen LogP contribution >= 0.6 is 0 Å². The van der Waals surface area contributed by atoms with Crippen LogP contribution in [0.15, 0.2) is 4.79 Å². The number of nitrogens with zero attached hydrogens (tertiary/aromatic N) is 1. The lowest BCUT2D eigenvalue weighted by molar-refractivity contribution is 0.328. The molecule has 124 valence electrons. The zero-order chi connectivity index (χ0) is 17.5. The molecule has 0 aromatic carbocycles. The quantitative estimate of drug-likeness (QED) is 0.786. The molecular weight excluding hydrogens is 284 g/mol. The van der Waals surface area contributed by atoms with Gasteiger partial charge in [0.2, 0.25) is 0 Å². The molecule has 3 heteroatoms. The first-order valence-corrected chi connectivity index (χ1v) is 8.37. The molecule has 0 atom stereocenters. The number of hydrogen-bond donors (Lipinski definition) is 1. The Balaban J connectivity index is 2.74. The molecule has 0 radical (unpaired) electrons. The van der Waals surface area contributed by atoms with Crippen molar-refractivity contribution in [3.05, 3.63) is 43.9 Å². The summed E-state index contributed by atoms with van der Waals surface area (Å²) in [5.41, 5.74) is 8.91. The predicted octanol–water partition coefficient (Wildman–Crippen LogP) is 4.32. The summed E-state index contributed by atoms with van der Waals surface area (Å²) in [5, 5.41) is 3.74. The minimum Gasteiger partial charge on any atom is -0.377 e. The van der Waals surface area contributed by atoms with E-state index in [9.17, 15) is 4.79 Å². The van der Waals surface area contributed by atoms with E-state index in [0.717, 1.165) is 28.0 Å². The van der Waals surface area contributed by atoms with Crippen molar-refractivity contribution in [1.29, 1.82) is 0 Å². The molecule has 23 heavy (non-hydrogen) atoms. The lowest BCUT2D eigenvalue weighted by Gasteiger charge is -2.49. The molecule has 2 aromatic rings. The van der Waals surface area contributed by atoms with Gasteiger partial charge in [-0.15, -0.1) is 0 Å². The maximum absolute atomic E-state index is 13.0. The smallest absolute Gasteiger partial charge is 0.258 e. The Hall–Kier alpha value is -1.77. The van der Waals surface area contributed by atoms with E-state index in [1.807, 2.05) is 11.3 Å². The second kappa shape index (κ2) is 4.40. The topological polar surface area (TPSA) is 33.5 Å². The number of anilines is 1. The van der Waals surface area contributed by atoms with E-state index in [0.29, 0.717) is 0 Å². The van der Waals surface area contributed by atoms with Crippen LogP contribution < -0.4 is 10.9 Å². The Kier molecular flexibility index (Phi) is 3.08. The largest absolute Gasteiger partial charge is 0.377 e. The van der Waals surface area contributed by atoms with Crippen molar-refractivity contribution in [2.75, 3.05) is 5.32 Å². The first-order valence-electron chi connectivity index (χ1n) is 8.37. The van der Waals surface area contributed by atoms with E-state index in [4.69, 9.17) is 0 Å². The zero-order valence-electron chi connectivity index (χ0n) is 15.9. The highest BCUT2D eigenvalue weighted by Crippen LogP contribution is 2.48. The van der Waals surface area contributed by atoms with E-state index < -0.39 is 0 Å². The Morgan fingerprint density at radius 3 is 1.96 bits per heavy atom. The van der Waals surface area contributed by atoms with Crippen molar-refractivity contribution in [3.8, 4) is 0 Å². The van der Waals surface area contributed by atoms with Crippen LogP contribution in [0.3, 0.4) is 0 Å². The maximum Gasteiger partial charge on any atom is 0.258 e. The molecule has 0 aliphatic carbocycles. The molecule has 3 rings (SSSR count). The van der Waals surface area contributed by atoms with E-state index in [2.05, 4.69) is 60.7 Å². The SMILES string of the molecule is Cc1c(C)c(C)n2c(=O)c(C)c(C)c3c2c1NC(C)(C)C3(C)C. The lowest BCUT2D eigenvalue weighted by atomic mass is 9.65. The second-order valence-corrected chi connectivity index (χ2v) is 8.20. The summed E-state index contributed by atoms with van der Waals surface area (Å²) in [4.78, 5) is 13.0. The van der Waals surface area contributed by atoms with Gasteiger partial charge in [-0.05, 0) is 70.7 Å². The number of aromatic nitrogens is 1. The van der Waals surface area contributed by atoms with Crippen molar-refractivity contribution in [3.63, 3.8) is 0 Å². The van der Waals surface area contributed by atoms with Gasteiger partial charge in [0, 0.05) is 22.2 Å². The van der Waals surface area contributed by atoms with E-state index >= 15 is 0 Å². The summed E-state index contributed by atoms with van der Waals surface area (Å²) in [6, 6.07) is 0. The van der Waals surface area contributed by atoms with Crippen molar-refractivity contribution in [2.24, 2.45) is 0 Å². The lowest BCUT2D eigenvalue weighted by Crippen LogP contribution is -2.53. The summed E-state index contributed by atoms with van der Waals surface area (Å²) in [5.74, 6) is 0. The molecule has 0 amide bonds. The minimum absolute atomic E-state index is 0.0814. The summed E-state index contributed by atoms with van der Waals surface area (Å²) in [6.07, 6.45) is 0. The van der Waals surface area contributed by atoms with Crippen LogP contribution in [-0.4, -0.2) is 9.94 Å². The number of rotatable bonds is 0. The average molecular weight is 312 g/mol. The van der Waals surface area contributed by atoms with Gasteiger partial charge in [0.25, 0.3) is 5.56 Å². The molecular formula is C20H28N2O. The Morgan fingerprint density at radius 1 is 0.826 bits per heavy atom. The molecule has 0 spiro atoms. The highest BCUT2D eigenvalue weighted by atomic mass is 16.1. The standard InChI is InChI=1S/C20H28N2O/c1-10-12(3)16-17-15(19(6,7)20(8,9)21-16)11(2)13(4)18(23)22(17)14(10)5/h21H,1-9H3. The first-order chi connectivity index (χ1) is 10.4. The fourth-order valence-corrected chi connectivity index (χ4v) is 3.97. The van der Waals surface area contributed by atoms with Gasteiger partial charge in [-0.1, -0.05) is 13.8 Å². The van der Waals surface area contributed by atoms with Crippen molar-refractivity contribution in [2.45, 2.75) is 73.3 Å². The predicted molar refractivity (Wildman–Crippen MR) is 98.1 cm³/mol. The molecule has 0 saturated carbocycles. The molecule has 2 aromatic heterocycles. The normalized spacial score (nSPS) is 18.1. The summed E-state index contributed by atoms with van der Waals surface area (Å²) < 4.78 is 1.93. The second-order valence-electron chi connectivity index (χ2n) is 8.20. The zero-order valence-corrected chi connectivity index (χ0v) is 15.9. The van der Waals surface area contributed by atoms with Gasteiger partial charge in [0.15, 0.2) is 0 Å². The molecule has 0 saturated heterocycles. The van der Waals surface area contributed by atoms with Gasteiger partial charge in [-0.2, -0.15) is 0 Å². The van der Waals surface area contributed by atoms with Crippen LogP contribution in [0.4, 0.5) is 5.69 Å². The molecule has 3 nitrogen and oxygen atoms in total. The van der Waals surface area contributed by atoms with Gasteiger partial charge >= 0.3 is 0 Å².